The number of carbonyl (C=O) groups excluding carboxylic acids is 1. The molecule has 13 heavy (non-hydrogen) atoms. The van der Waals surface area contributed by atoms with Gasteiger partial charge in [-0.2, -0.15) is 0 Å². The van der Waals surface area contributed by atoms with Crippen molar-refractivity contribution in [2.45, 2.75) is 26.2 Å². The summed E-state index contributed by atoms with van der Waals surface area (Å²) in [6.07, 6.45) is 5.59. The highest BCUT2D eigenvalue weighted by molar-refractivity contribution is 5.88. The van der Waals surface area contributed by atoms with E-state index in [-0.39, 0.29) is 0 Å². The largest absolute Gasteiger partial charge is 0.459 e. The van der Waals surface area contributed by atoms with E-state index in [0.29, 0.717) is 5.92 Å². The molecule has 0 aliphatic heterocycles. The van der Waals surface area contributed by atoms with E-state index in [0.717, 1.165) is 12.0 Å². The van der Waals surface area contributed by atoms with Gasteiger partial charge in [-0.1, -0.05) is 18.9 Å². The van der Waals surface area contributed by atoms with Crippen molar-refractivity contribution in [3.63, 3.8) is 0 Å². The minimum atomic E-state index is -0.460. The highest BCUT2D eigenvalue weighted by atomic mass is 16.5. The van der Waals surface area contributed by atoms with Crippen molar-refractivity contribution in [2.75, 3.05) is 7.11 Å². The standard InChI is InChI=1S/C11H14O2/c1-9-5-3-4-6-10(9)7-8-11(12)13-2/h6,9H,3-5H2,1-2H3. The molecular formula is C11H14O2. The van der Waals surface area contributed by atoms with Crippen LogP contribution in [-0.4, -0.2) is 13.1 Å². The van der Waals surface area contributed by atoms with Crippen molar-refractivity contribution in [3.05, 3.63) is 11.6 Å². The van der Waals surface area contributed by atoms with Gasteiger partial charge in [-0.05, 0) is 25.2 Å². The predicted molar refractivity (Wildman–Crippen MR) is 50.9 cm³/mol. The smallest absolute Gasteiger partial charge is 0.384 e. The second kappa shape index (κ2) is 4.71. The van der Waals surface area contributed by atoms with Gasteiger partial charge in [-0.15, -0.1) is 0 Å². The summed E-state index contributed by atoms with van der Waals surface area (Å²) >= 11 is 0. The van der Waals surface area contributed by atoms with E-state index in [1.54, 1.807) is 0 Å². The first-order valence-electron chi connectivity index (χ1n) is 4.54. The highest BCUT2D eigenvalue weighted by Crippen LogP contribution is 2.23. The van der Waals surface area contributed by atoms with Gasteiger partial charge in [0.2, 0.25) is 0 Å². The van der Waals surface area contributed by atoms with E-state index in [1.807, 2.05) is 0 Å². The Bertz CT molecular complexity index is 278. The van der Waals surface area contributed by atoms with E-state index >= 15 is 0 Å². The maximum absolute atomic E-state index is 10.7. The highest BCUT2D eigenvalue weighted by Gasteiger charge is 2.10. The molecular weight excluding hydrogens is 164 g/mol. The molecule has 0 bridgehead atoms. The Labute approximate surface area is 79.0 Å². The van der Waals surface area contributed by atoms with Gasteiger partial charge in [0.1, 0.15) is 0 Å². The van der Waals surface area contributed by atoms with E-state index in [1.165, 1.54) is 20.0 Å². The number of esters is 1. The second-order valence-corrected chi connectivity index (χ2v) is 3.23. The Morgan fingerprint density at radius 2 is 2.46 bits per heavy atom. The minimum Gasteiger partial charge on any atom is -0.459 e. The van der Waals surface area contributed by atoms with E-state index in [2.05, 4.69) is 29.6 Å². The summed E-state index contributed by atoms with van der Waals surface area (Å²) < 4.78 is 4.44. The van der Waals surface area contributed by atoms with Crippen LogP contribution in [0, 0.1) is 17.8 Å². The fraction of sp³-hybridized carbons (Fsp3) is 0.545. The van der Waals surface area contributed by atoms with Crippen molar-refractivity contribution >= 4 is 5.97 Å². The molecule has 1 unspecified atom stereocenters. The van der Waals surface area contributed by atoms with Crippen molar-refractivity contribution in [2.24, 2.45) is 5.92 Å². The molecule has 0 aromatic rings. The average molecular weight is 178 g/mol. The Kier molecular flexibility index (Phi) is 3.57. The van der Waals surface area contributed by atoms with Gasteiger partial charge in [0, 0.05) is 11.5 Å². The van der Waals surface area contributed by atoms with Crippen LogP contribution < -0.4 is 0 Å². The number of carbonyl (C=O) groups is 1. The van der Waals surface area contributed by atoms with Gasteiger partial charge in [0.05, 0.1) is 7.11 Å². The molecule has 70 valence electrons. The molecule has 0 amide bonds. The van der Waals surface area contributed by atoms with Gasteiger partial charge in [-0.3, -0.25) is 0 Å². The lowest BCUT2D eigenvalue weighted by Gasteiger charge is -2.15. The number of allylic oxidation sites excluding steroid dienone is 2. The first-order chi connectivity index (χ1) is 6.24. The zero-order valence-electron chi connectivity index (χ0n) is 8.09. The number of methoxy groups -OCH3 is 1. The molecule has 1 aliphatic rings. The van der Waals surface area contributed by atoms with Crippen LogP contribution in [-0.2, 0) is 9.53 Å². The van der Waals surface area contributed by atoms with E-state index < -0.39 is 5.97 Å². The molecule has 2 heteroatoms. The van der Waals surface area contributed by atoms with Crippen LogP contribution in [0.3, 0.4) is 0 Å². The first kappa shape index (κ1) is 9.85. The number of hydrogen-bond donors (Lipinski definition) is 0. The monoisotopic (exact) mass is 178 g/mol. The second-order valence-electron chi connectivity index (χ2n) is 3.23. The molecule has 1 atom stereocenters. The number of ether oxygens (including phenoxy) is 1. The summed E-state index contributed by atoms with van der Waals surface area (Å²) in [7, 11) is 1.34. The first-order valence-corrected chi connectivity index (χ1v) is 4.54. The van der Waals surface area contributed by atoms with Gasteiger partial charge >= 0.3 is 5.97 Å². The van der Waals surface area contributed by atoms with Crippen molar-refractivity contribution in [1.82, 2.24) is 0 Å². The van der Waals surface area contributed by atoms with Crippen LogP contribution in [0.2, 0.25) is 0 Å². The lowest BCUT2D eigenvalue weighted by molar-refractivity contribution is -0.133. The molecule has 0 radical (unpaired) electrons. The molecule has 0 aromatic carbocycles. The molecule has 0 heterocycles. The molecule has 1 aliphatic carbocycles. The zero-order valence-corrected chi connectivity index (χ0v) is 8.09. The van der Waals surface area contributed by atoms with Crippen LogP contribution in [0.1, 0.15) is 26.2 Å². The summed E-state index contributed by atoms with van der Waals surface area (Å²) in [5.41, 5.74) is 1.08. The Morgan fingerprint density at radius 3 is 3.08 bits per heavy atom. The normalized spacial score (nSPS) is 21.1. The summed E-state index contributed by atoms with van der Waals surface area (Å²) in [6.45, 7) is 2.14. The molecule has 0 aromatic heterocycles. The summed E-state index contributed by atoms with van der Waals surface area (Å²) in [5.74, 6) is 5.34. The summed E-state index contributed by atoms with van der Waals surface area (Å²) in [5, 5.41) is 0. The van der Waals surface area contributed by atoms with Gasteiger partial charge in [-0.25, -0.2) is 4.79 Å². The quantitative estimate of drug-likeness (QED) is 0.322. The third-order valence-electron chi connectivity index (χ3n) is 2.23. The Morgan fingerprint density at radius 1 is 1.69 bits per heavy atom. The van der Waals surface area contributed by atoms with Gasteiger partial charge < -0.3 is 4.74 Å². The molecule has 0 spiro atoms. The van der Waals surface area contributed by atoms with Crippen molar-refractivity contribution < 1.29 is 9.53 Å². The fourth-order valence-electron chi connectivity index (χ4n) is 1.39. The van der Waals surface area contributed by atoms with Crippen molar-refractivity contribution in [1.29, 1.82) is 0 Å². The third-order valence-corrected chi connectivity index (χ3v) is 2.23. The molecule has 2 nitrogen and oxygen atoms in total. The van der Waals surface area contributed by atoms with Crippen LogP contribution >= 0.6 is 0 Å². The van der Waals surface area contributed by atoms with Crippen LogP contribution in [0.25, 0.3) is 0 Å². The number of rotatable bonds is 0. The lowest BCUT2D eigenvalue weighted by atomic mass is 9.90. The fourth-order valence-corrected chi connectivity index (χ4v) is 1.39. The Hall–Kier alpha value is -1.23. The lowest BCUT2D eigenvalue weighted by Crippen LogP contribution is -2.03. The molecule has 1 rings (SSSR count). The minimum absolute atomic E-state index is 0.460. The Balaban J connectivity index is 2.64. The van der Waals surface area contributed by atoms with E-state index in [9.17, 15) is 4.79 Å². The zero-order chi connectivity index (χ0) is 9.68. The molecule has 0 N–H and O–H groups in total. The third kappa shape index (κ3) is 2.95. The van der Waals surface area contributed by atoms with Gasteiger partial charge in [0.15, 0.2) is 0 Å². The molecule has 0 saturated carbocycles. The van der Waals surface area contributed by atoms with Crippen LogP contribution in [0.4, 0.5) is 0 Å². The molecule has 0 saturated heterocycles. The van der Waals surface area contributed by atoms with E-state index in [4.69, 9.17) is 0 Å². The van der Waals surface area contributed by atoms with Crippen LogP contribution in [0.15, 0.2) is 11.6 Å². The van der Waals surface area contributed by atoms with Crippen LogP contribution in [0.5, 0.6) is 0 Å². The summed E-state index contributed by atoms with van der Waals surface area (Å²) in [4.78, 5) is 10.7. The maximum Gasteiger partial charge on any atom is 0.384 e. The number of hydrogen-bond acceptors (Lipinski definition) is 2. The SMILES string of the molecule is COC(=O)C#CC1=CCCCC1C. The predicted octanol–water partition coefficient (Wildman–Crippen LogP) is 1.91. The van der Waals surface area contributed by atoms with Crippen molar-refractivity contribution in [3.8, 4) is 11.8 Å². The maximum atomic E-state index is 10.7. The summed E-state index contributed by atoms with van der Waals surface area (Å²) in [6, 6.07) is 0. The van der Waals surface area contributed by atoms with Gasteiger partial charge in [0.25, 0.3) is 0 Å². The average Bonchev–Trinajstić information content (AvgIpc) is 2.16. The molecule has 0 fully saturated rings. The topological polar surface area (TPSA) is 26.3 Å².